The fourth-order valence-electron chi connectivity index (χ4n) is 3.87. The molecular weight excluding hydrogens is 566 g/mol. The first kappa shape index (κ1) is 29.4. The van der Waals surface area contributed by atoms with E-state index < -0.39 is 28.5 Å². The summed E-state index contributed by atoms with van der Waals surface area (Å²) in [6, 6.07) is 21.8. The average Bonchev–Trinajstić information content (AvgIpc) is 2.91. The molecule has 3 rings (SSSR count). The molecule has 0 spiro atoms. The van der Waals surface area contributed by atoms with Crippen LogP contribution in [0.5, 0.6) is 0 Å². The van der Waals surface area contributed by atoms with E-state index in [1.807, 2.05) is 44.2 Å². The predicted molar refractivity (Wildman–Crippen MR) is 154 cm³/mol. The summed E-state index contributed by atoms with van der Waals surface area (Å²) >= 11 is 3.38. The summed E-state index contributed by atoms with van der Waals surface area (Å²) in [5.74, 6) is -0.759. The minimum absolute atomic E-state index is 0.0822. The van der Waals surface area contributed by atoms with Gasteiger partial charge in [0.1, 0.15) is 12.6 Å². The van der Waals surface area contributed by atoms with Crippen molar-refractivity contribution < 1.29 is 18.0 Å². The van der Waals surface area contributed by atoms with E-state index in [-0.39, 0.29) is 17.3 Å². The number of nitrogens with zero attached hydrogens (tertiary/aromatic N) is 2. The first-order valence-corrected chi connectivity index (χ1v) is 14.8. The van der Waals surface area contributed by atoms with Crippen molar-refractivity contribution in [2.45, 2.75) is 51.1 Å². The van der Waals surface area contributed by atoms with E-state index in [0.717, 1.165) is 32.7 Å². The zero-order valence-corrected chi connectivity index (χ0v) is 24.3. The minimum Gasteiger partial charge on any atom is -0.354 e. The van der Waals surface area contributed by atoms with Crippen LogP contribution in [0.1, 0.15) is 37.8 Å². The molecular formula is C29H34BrN3O4S. The lowest BCUT2D eigenvalue weighted by atomic mass is 10.1. The summed E-state index contributed by atoms with van der Waals surface area (Å²) in [5, 5.41) is 2.89. The highest BCUT2D eigenvalue weighted by atomic mass is 79.9. The molecule has 3 aromatic rings. The molecule has 0 heterocycles. The van der Waals surface area contributed by atoms with Gasteiger partial charge in [-0.3, -0.25) is 13.9 Å². The molecule has 0 aliphatic carbocycles. The molecule has 0 bridgehead atoms. The lowest BCUT2D eigenvalue weighted by Crippen LogP contribution is -2.51. The van der Waals surface area contributed by atoms with Gasteiger partial charge in [0.15, 0.2) is 0 Å². The van der Waals surface area contributed by atoms with Crippen LogP contribution in [0.25, 0.3) is 0 Å². The Morgan fingerprint density at radius 1 is 0.947 bits per heavy atom. The number of hydrogen-bond donors (Lipinski definition) is 1. The van der Waals surface area contributed by atoms with Gasteiger partial charge in [0.25, 0.3) is 10.0 Å². The van der Waals surface area contributed by atoms with Gasteiger partial charge in [0.05, 0.1) is 10.6 Å². The molecule has 7 nitrogen and oxygen atoms in total. The molecule has 0 aliphatic rings. The number of aryl methyl sites for hydroxylation is 1. The van der Waals surface area contributed by atoms with Gasteiger partial charge in [-0.1, -0.05) is 77.3 Å². The molecule has 202 valence electrons. The van der Waals surface area contributed by atoms with Crippen molar-refractivity contribution in [3.8, 4) is 0 Å². The number of sulfonamides is 1. The second-order valence-corrected chi connectivity index (χ2v) is 11.9. The Morgan fingerprint density at radius 3 is 2.18 bits per heavy atom. The van der Waals surface area contributed by atoms with E-state index in [9.17, 15) is 18.0 Å². The highest BCUT2D eigenvalue weighted by molar-refractivity contribution is 9.10. The van der Waals surface area contributed by atoms with E-state index >= 15 is 0 Å². The van der Waals surface area contributed by atoms with Crippen LogP contribution in [-0.4, -0.2) is 44.3 Å². The summed E-state index contributed by atoms with van der Waals surface area (Å²) in [7, 11) is -4.08. The lowest BCUT2D eigenvalue weighted by molar-refractivity contribution is -0.139. The summed E-state index contributed by atoms with van der Waals surface area (Å²) in [6.45, 7) is 5.80. The van der Waals surface area contributed by atoms with Gasteiger partial charge in [-0.2, -0.15) is 0 Å². The molecule has 0 saturated carbocycles. The Balaban J connectivity index is 1.97. The third-order valence-corrected chi connectivity index (χ3v) is 8.51. The first-order valence-electron chi connectivity index (χ1n) is 12.6. The molecule has 1 N–H and O–H groups in total. The monoisotopic (exact) mass is 599 g/mol. The molecule has 9 heteroatoms. The molecule has 0 unspecified atom stereocenters. The van der Waals surface area contributed by atoms with Crippen molar-refractivity contribution in [3.05, 3.63) is 94.5 Å². The maximum atomic E-state index is 13.8. The Bertz CT molecular complexity index is 1310. The van der Waals surface area contributed by atoms with Crippen LogP contribution in [0.3, 0.4) is 0 Å². The fourth-order valence-corrected chi connectivity index (χ4v) is 5.55. The SMILES string of the molecule is CCCCNC(=O)[C@H](C)N(Cc1ccccc1)C(=O)CN(c1ccc(Br)cc1)S(=O)(=O)c1ccc(C)cc1. The number of benzene rings is 3. The van der Waals surface area contributed by atoms with Crippen LogP contribution in [0.15, 0.2) is 88.2 Å². The van der Waals surface area contributed by atoms with Gasteiger partial charge in [0.2, 0.25) is 11.8 Å². The average molecular weight is 601 g/mol. The van der Waals surface area contributed by atoms with Gasteiger partial charge >= 0.3 is 0 Å². The smallest absolute Gasteiger partial charge is 0.264 e. The van der Waals surface area contributed by atoms with Crippen molar-refractivity contribution in [3.63, 3.8) is 0 Å². The third-order valence-electron chi connectivity index (χ3n) is 6.20. The van der Waals surface area contributed by atoms with Crippen LogP contribution < -0.4 is 9.62 Å². The Labute approximate surface area is 234 Å². The summed E-state index contributed by atoms with van der Waals surface area (Å²) < 4.78 is 29.5. The number of nitrogens with one attached hydrogen (secondary N) is 1. The van der Waals surface area contributed by atoms with Crippen LogP contribution in [-0.2, 0) is 26.2 Å². The van der Waals surface area contributed by atoms with Crippen LogP contribution in [0, 0.1) is 6.92 Å². The van der Waals surface area contributed by atoms with Crippen LogP contribution in [0.2, 0.25) is 0 Å². The van der Waals surface area contributed by atoms with Crippen molar-refractivity contribution in [1.82, 2.24) is 10.2 Å². The van der Waals surface area contributed by atoms with E-state index in [1.54, 1.807) is 43.3 Å². The molecule has 38 heavy (non-hydrogen) atoms. The minimum atomic E-state index is -4.08. The van der Waals surface area contributed by atoms with E-state index in [4.69, 9.17) is 0 Å². The van der Waals surface area contributed by atoms with Crippen LogP contribution in [0.4, 0.5) is 5.69 Å². The first-order chi connectivity index (χ1) is 18.1. The topological polar surface area (TPSA) is 86.8 Å². The van der Waals surface area contributed by atoms with Crippen molar-refractivity contribution in [2.75, 3.05) is 17.4 Å². The molecule has 0 saturated heterocycles. The second-order valence-electron chi connectivity index (χ2n) is 9.13. The standard InChI is InChI=1S/C29H34BrN3O4S/c1-4-5-19-31-29(35)23(3)32(20-24-9-7-6-8-10-24)28(34)21-33(26-15-13-25(30)14-16-26)38(36,37)27-17-11-22(2)12-18-27/h6-18,23H,4-5,19-21H2,1-3H3,(H,31,35)/t23-/m0/s1. The fraction of sp³-hybridized carbons (Fsp3) is 0.310. The number of carbonyl (C=O) groups excluding carboxylic acids is 2. The maximum Gasteiger partial charge on any atom is 0.264 e. The van der Waals surface area contributed by atoms with Gasteiger partial charge < -0.3 is 10.2 Å². The highest BCUT2D eigenvalue weighted by Crippen LogP contribution is 2.26. The predicted octanol–water partition coefficient (Wildman–Crippen LogP) is 5.29. The van der Waals surface area contributed by atoms with Crippen molar-refractivity contribution >= 4 is 43.5 Å². The summed E-state index contributed by atoms with van der Waals surface area (Å²) in [6.07, 6.45) is 1.76. The number of unbranched alkanes of at least 4 members (excludes halogenated alkanes) is 1. The van der Waals surface area contributed by atoms with Crippen molar-refractivity contribution in [2.24, 2.45) is 0 Å². The van der Waals surface area contributed by atoms with Crippen LogP contribution >= 0.6 is 15.9 Å². The van der Waals surface area contributed by atoms with E-state index in [1.165, 1.54) is 17.0 Å². The Morgan fingerprint density at radius 2 is 1.58 bits per heavy atom. The Hall–Kier alpha value is -3.17. The number of carbonyl (C=O) groups is 2. The van der Waals surface area contributed by atoms with Crippen molar-refractivity contribution in [1.29, 1.82) is 0 Å². The third kappa shape index (κ3) is 7.68. The van der Waals surface area contributed by atoms with Gasteiger partial charge in [-0.15, -0.1) is 0 Å². The number of halogens is 1. The number of hydrogen-bond acceptors (Lipinski definition) is 4. The summed E-state index contributed by atoms with van der Waals surface area (Å²) in [4.78, 5) is 28.3. The Kier molecular flexibility index (Phi) is 10.5. The van der Waals surface area contributed by atoms with E-state index in [0.29, 0.717) is 12.2 Å². The quantitative estimate of drug-likeness (QED) is 0.287. The normalized spacial score (nSPS) is 12.0. The van der Waals surface area contributed by atoms with Gasteiger partial charge in [-0.25, -0.2) is 8.42 Å². The van der Waals surface area contributed by atoms with E-state index in [2.05, 4.69) is 21.2 Å². The molecule has 3 aromatic carbocycles. The lowest BCUT2D eigenvalue weighted by Gasteiger charge is -2.32. The zero-order valence-electron chi connectivity index (χ0n) is 21.9. The second kappa shape index (κ2) is 13.6. The maximum absolute atomic E-state index is 13.8. The number of rotatable bonds is 12. The molecule has 0 aliphatic heterocycles. The van der Waals surface area contributed by atoms with Gasteiger partial charge in [-0.05, 0) is 62.2 Å². The molecule has 0 radical (unpaired) electrons. The molecule has 2 amide bonds. The number of amides is 2. The highest BCUT2D eigenvalue weighted by Gasteiger charge is 2.32. The zero-order chi connectivity index (χ0) is 27.7. The summed E-state index contributed by atoms with van der Waals surface area (Å²) in [5.41, 5.74) is 2.11. The molecule has 0 aromatic heterocycles. The number of anilines is 1. The molecule has 0 fully saturated rings. The van der Waals surface area contributed by atoms with Gasteiger partial charge in [0, 0.05) is 17.6 Å². The largest absolute Gasteiger partial charge is 0.354 e. The molecule has 1 atom stereocenters.